The van der Waals surface area contributed by atoms with Crippen molar-refractivity contribution in [2.24, 2.45) is 0 Å². The molecule has 0 saturated carbocycles. The summed E-state index contributed by atoms with van der Waals surface area (Å²) in [6, 6.07) is 14.8. The number of furan rings is 1. The first kappa shape index (κ1) is 12.4. The molecule has 1 atom stereocenters. The minimum absolute atomic E-state index is 0.134. The van der Waals surface area contributed by atoms with Crippen molar-refractivity contribution in [1.82, 2.24) is 0 Å². The third-order valence-corrected chi connectivity index (χ3v) is 3.14. The Bertz CT molecular complexity index is 799. The highest BCUT2D eigenvalue weighted by Gasteiger charge is 2.17. The second-order valence-electron chi connectivity index (χ2n) is 4.44. The molecule has 0 aliphatic carbocycles. The van der Waals surface area contributed by atoms with Crippen molar-refractivity contribution >= 4 is 11.0 Å². The molecule has 3 rings (SSSR count). The summed E-state index contributed by atoms with van der Waals surface area (Å²) in [5.41, 5.74) is 1.23. The minimum Gasteiger partial charge on any atom is -0.455 e. The summed E-state index contributed by atoms with van der Waals surface area (Å²) in [4.78, 5) is 0. The van der Waals surface area contributed by atoms with Gasteiger partial charge in [0.05, 0.1) is 11.6 Å². The third-order valence-electron chi connectivity index (χ3n) is 3.14. The van der Waals surface area contributed by atoms with Crippen LogP contribution in [0.2, 0.25) is 0 Å². The van der Waals surface area contributed by atoms with Crippen LogP contribution in [0.25, 0.3) is 11.0 Å². The zero-order valence-corrected chi connectivity index (χ0v) is 10.4. The smallest absolute Gasteiger partial charge is 0.170 e. The number of nitriles is 1. The second kappa shape index (κ2) is 4.80. The van der Waals surface area contributed by atoms with E-state index in [4.69, 9.17) is 9.68 Å². The number of hydrogen-bond donors (Lipinski definition) is 1. The van der Waals surface area contributed by atoms with E-state index in [9.17, 15) is 9.50 Å². The van der Waals surface area contributed by atoms with E-state index in [0.29, 0.717) is 16.5 Å². The van der Waals surface area contributed by atoms with Crippen LogP contribution < -0.4 is 0 Å². The predicted molar refractivity (Wildman–Crippen MR) is 71.4 cm³/mol. The Morgan fingerprint density at radius 3 is 2.55 bits per heavy atom. The summed E-state index contributed by atoms with van der Waals surface area (Å²) in [7, 11) is 0. The summed E-state index contributed by atoms with van der Waals surface area (Å²) in [6.07, 6.45) is -0.991. The molecule has 98 valence electrons. The number of halogens is 1. The van der Waals surface area contributed by atoms with Crippen LogP contribution in [-0.2, 0) is 0 Å². The first-order valence-electron chi connectivity index (χ1n) is 6.05. The summed E-state index contributed by atoms with van der Waals surface area (Å²) < 4.78 is 18.9. The van der Waals surface area contributed by atoms with Gasteiger partial charge in [0, 0.05) is 5.39 Å². The van der Waals surface area contributed by atoms with Gasteiger partial charge < -0.3 is 9.52 Å². The maximum absolute atomic E-state index is 13.6. The fraction of sp³-hybridized carbons (Fsp3) is 0.0625. The molecule has 3 aromatic rings. The Morgan fingerprint density at radius 2 is 1.90 bits per heavy atom. The highest BCUT2D eigenvalue weighted by atomic mass is 19.1. The molecule has 1 unspecified atom stereocenters. The molecule has 2 aromatic carbocycles. The Hall–Kier alpha value is -2.64. The molecule has 1 heterocycles. The predicted octanol–water partition coefficient (Wildman–Crippen LogP) is 3.53. The van der Waals surface area contributed by atoms with Crippen molar-refractivity contribution in [2.45, 2.75) is 6.10 Å². The molecular formula is C16H10FNO2. The van der Waals surface area contributed by atoms with Crippen LogP contribution in [0.4, 0.5) is 4.39 Å². The molecule has 1 aromatic heterocycles. The van der Waals surface area contributed by atoms with Crippen molar-refractivity contribution in [3.8, 4) is 6.07 Å². The van der Waals surface area contributed by atoms with E-state index in [-0.39, 0.29) is 11.3 Å². The van der Waals surface area contributed by atoms with Crippen LogP contribution in [-0.4, -0.2) is 5.11 Å². The van der Waals surface area contributed by atoms with Crippen LogP contribution in [0, 0.1) is 17.1 Å². The van der Waals surface area contributed by atoms with Crippen molar-refractivity contribution in [3.05, 3.63) is 71.2 Å². The van der Waals surface area contributed by atoms with Crippen molar-refractivity contribution < 1.29 is 13.9 Å². The molecule has 0 bridgehead atoms. The lowest BCUT2D eigenvalue weighted by atomic mass is 10.1. The van der Waals surface area contributed by atoms with Crippen LogP contribution in [0.15, 0.2) is 52.9 Å². The Morgan fingerprint density at radius 1 is 1.15 bits per heavy atom. The lowest BCUT2D eigenvalue weighted by molar-refractivity contribution is 0.192. The van der Waals surface area contributed by atoms with E-state index >= 15 is 0 Å². The summed E-state index contributed by atoms with van der Waals surface area (Å²) in [5.74, 6) is -0.185. The van der Waals surface area contributed by atoms with Crippen LogP contribution >= 0.6 is 0 Å². The van der Waals surface area contributed by atoms with Gasteiger partial charge in [0.1, 0.15) is 11.9 Å². The van der Waals surface area contributed by atoms with Gasteiger partial charge in [0.15, 0.2) is 11.4 Å². The molecule has 0 radical (unpaired) electrons. The molecule has 0 saturated heterocycles. The fourth-order valence-electron chi connectivity index (χ4n) is 2.09. The molecule has 0 aliphatic heterocycles. The van der Waals surface area contributed by atoms with Gasteiger partial charge in [-0.05, 0) is 29.8 Å². The SMILES string of the molecule is N#Cc1ccc(C(O)c2cc3cccc(F)c3o2)cc1. The first-order valence-corrected chi connectivity index (χ1v) is 6.05. The normalized spacial score (nSPS) is 12.2. The highest BCUT2D eigenvalue weighted by Crippen LogP contribution is 2.29. The second-order valence-corrected chi connectivity index (χ2v) is 4.44. The number of hydrogen-bond acceptors (Lipinski definition) is 3. The molecular weight excluding hydrogens is 257 g/mol. The topological polar surface area (TPSA) is 57.2 Å². The van der Waals surface area contributed by atoms with Crippen LogP contribution in [0.5, 0.6) is 0 Å². The molecule has 20 heavy (non-hydrogen) atoms. The average molecular weight is 267 g/mol. The monoisotopic (exact) mass is 267 g/mol. The van der Waals surface area contributed by atoms with E-state index in [1.165, 1.54) is 6.07 Å². The highest BCUT2D eigenvalue weighted by molar-refractivity contribution is 5.78. The van der Waals surface area contributed by atoms with Gasteiger partial charge in [0.25, 0.3) is 0 Å². The Kier molecular flexibility index (Phi) is 2.97. The van der Waals surface area contributed by atoms with Crippen molar-refractivity contribution in [2.75, 3.05) is 0 Å². The van der Waals surface area contributed by atoms with Crippen LogP contribution in [0.1, 0.15) is 23.0 Å². The zero-order chi connectivity index (χ0) is 14.1. The average Bonchev–Trinajstić information content (AvgIpc) is 2.92. The lowest BCUT2D eigenvalue weighted by Gasteiger charge is -2.07. The van der Waals surface area contributed by atoms with Gasteiger partial charge in [-0.1, -0.05) is 24.3 Å². The zero-order valence-electron chi connectivity index (χ0n) is 10.4. The standard InChI is InChI=1S/C16H10FNO2/c17-13-3-1-2-12-8-14(20-16(12)13)15(19)11-6-4-10(9-18)5-7-11/h1-8,15,19H. The molecule has 4 heteroatoms. The number of para-hydroxylation sites is 1. The fourth-order valence-corrected chi connectivity index (χ4v) is 2.09. The summed E-state index contributed by atoms with van der Waals surface area (Å²) in [5, 5.41) is 19.6. The maximum Gasteiger partial charge on any atom is 0.170 e. The van der Waals surface area contributed by atoms with Gasteiger partial charge in [-0.2, -0.15) is 5.26 Å². The third kappa shape index (κ3) is 2.04. The van der Waals surface area contributed by atoms with Crippen molar-refractivity contribution in [1.29, 1.82) is 5.26 Å². The number of aliphatic hydroxyl groups is 1. The molecule has 0 amide bonds. The van der Waals surface area contributed by atoms with Gasteiger partial charge >= 0.3 is 0 Å². The lowest BCUT2D eigenvalue weighted by Crippen LogP contribution is -1.97. The Labute approximate surface area is 114 Å². The number of benzene rings is 2. The minimum atomic E-state index is -0.991. The Balaban J connectivity index is 2.01. The van der Waals surface area contributed by atoms with Gasteiger partial charge in [-0.15, -0.1) is 0 Å². The first-order chi connectivity index (χ1) is 9.69. The van der Waals surface area contributed by atoms with E-state index in [2.05, 4.69) is 0 Å². The van der Waals surface area contributed by atoms with Gasteiger partial charge in [0.2, 0.25) is 0 Å². The quantitative estimate of drug-likeness (QED) is 0.772. The maximum atomic E-state index is 13.6. The van der Waals surface area contributed by atoms with E-state index in [1.807, 2.05) is 6.07 Å². The number of aliphatic hydroxyl groups excluding tert-OH is 1. The van der Waals surface area contributed by atoms with E-state index in [1.54, 1.807) is 42.5 Å². The van der Waals surface area contributed by atoms with Gasteiger partial charge in [-0.3, -0.25) is 0 Å². The number of fused-ring (bicyclic) bond motifs is 1. The summed E-state index contributed by atoms with van der Waals surface area (Å²) in [6.45, 7) is 0. The van der Waals surface area contributed by atoms with E-state index in [0.717, 1.165) is 0 Å². The largest absolute Gasteiger partial charge is 0.455 e. The molecule has 0 aliphatic rings. The number of nitrogens with zero attached hydrogens (tertiary/aromatic N) is 1. The van der Waals surface area contributed by atoms with Gasteiger partial charge in [-0.25, -0.2) is 4.39 Å². The summed E-state index contributed by atoms with van der Waals surface area (Å²) >= 11 is 0. The molecule has 1 N–H and O–H groups in total. The molecule has 0 fully saturated rings. The van der Waals surface area contributed by atoms with E-state index < -0.39 is 11.9 Å². The molecule has 3 nitrogen and oxygen atoms in total. The number of rotatable bonds is 2. The molecule has 0 spiro atoms. The van der Waals surface area contributed by atoms with Crippen molar-refractivity contribution in [3.63, 3.8) is 0 Å². The van der Waals surface area contributed by atoms with Crippen LogP contribution in [0.3, 0.4) is 0 Å².